The zero-order valence-corrected chi connectivity index (χ0v) is 7.60. The van der Waals surface area contributed by atoms with Gasteiger partial charge in [0.05, 0.1) is 0 Å². The Bertz CT molecular complexity index is 138. The maximum absolute atomic E-state index is 11.2. The van der Waals surface area contributed by atoms with Crippen LogP contribution >= 0.6 is 0 Å². The highest BCUT2D eigenvalue weighted by Crippen LogP contribution is 2.26. The van der Waals surface area contributed by atoms with E-state index in [4.69, 9.17) is 0 Å². The molecule has 1 nitrogen and oxygen atoms in total. The Kier molecular flexibility index (Phi) is 3.10. The molecule has 1 aliphatic rings. The van der Waals surface area contributed by atoms with E-state index < -0.39 is 0 Å². The molecule has 1 heteroatoms. The Hall–Kier alpha value is -0.330. The van der Waals surface area contributed by atoms with Gasteiger partial charge in [0.2, 0.25) is 0 Å². The Morgan fingerprint density at radius 2 is 2.27 bits per heavy atom. The average Bonchev–Trinajstić information content (AvgIpc) is 2.31. The van der Waals surface area contributed by atoms with E-state index in [1.165, 1.54) is 6.42 Å². The number of carbonyl (C=O) groups excluding carboxylic acids is 1. The highest BCUT2D eigenvalue weighted by Gasteiger charge is 2.23. The first-order valence-electron chi connectivity index (χ1n) is 4.73. The SMILES string of the molecule is CC(C)CC[C@H]1CCCC1=O. The monoisotopic (exact) mass is 154 g/mol. The fourth-order valence-corrected chi connectivity index (χ4v) is 1.73. The van der Waals surface area contributed by atoms with Crippen molar-refractivity contribution in [3.05, 3.63) is 0 Å². The van der Waals surface area contributed by atoms with E-state index in [0.29, 0.717) is 11.7 Å². The number of rotatable bonds is 3. The molecule has 0 aliphatic heterocycles. The van der Waals surface area contributed by atoms with Crippen molar-refractivity contribution in [2.24, 2.45) is 11.8 Å². The van der Waals surface area contributed by atoms with Gasteiger partial charge in [-0.15, -0.1) is 0 Å². The molecule has 0 bridgehead atoms. The van der Waals surface area contributed by atoms with Crippen LogP contribution in [0.1, 0.15) is 46.0 Å². The third-order valence-corrected chi connectivity index (χ3v) is 2.52. The number of hydrogen-bond donors (Lipinski definition) is 0. The second-order valence-electron chi connectivity index (χ2n) is 4.03. The van der Waals surface area contributed by atoms with Gasteiger partial charge < -0.3 is 0 Å². The molecule has 0 aromatic rings. The molecule has 0 amide bonds. The molecule has 0 aromatic heterocycles. The van der Waals surface area contributed by atoms with Crippen LogP contribution in [0.2, 0.25) is 0 Å². The molecule has 64 valence electrons. The van der Waals surface area contributed by atoms with Crippen molar-refractivity contribution < 1.29 is 4.79 Å². The van der Waals surface area contributed by atoms with Crippen molar-refractivity contribution in [3.63, 3.8) is 0 Å². The van der Waals surface area contributed by atoms with E-state index in [9.17, 15) is 4.79 Å². The van der Waals surface area contributed by atoms with Crippen LogP contribution < -0.4 is 0 Å². The predicted molar refractivity (Wildman–Crippen MR) is 46.4 cm³/mol. The first-order valence-corrected chi connectivity index (χ1v) is 4.73. The fourth-order valence-electron chi connectivity index (χ4n) is 1.73. The molecule has 1 saturated carbocycles. The molecule has 0 spiro atoms. The maximum Gasteiger partial charge on any atom is 0.135 e. The van der Waals surface area contributed by atoms with Crippen LogP contribution in [0.15, 0.2) is 0 Å². The van der Waals surface area contributed by atoms with E-state index >= 15 is 0 Å². The minimum absolute atomic E-state index is 0.428. The van der Waals surface area contributed by atoms with Gasteiger partial charge in [-0.05, 0) is 25.2 Å². The highest BCUT2D eigenvalue weighted by molar-refractivity contribution is 5.82. The largest absolute Gasteiger partial charge is 0.299 e. The molecular weight excluding hydrogens is 136 g/mol. The molecule has 11 heavy (non-hydrogen) atoms. The second-order valence-corrected chi connectivity index (χ2v) is 4.03. The van der Waals surface area contributed by atoms with Crippen LogP contribution in [-0.2, 0) is 4.79 Å². The molecule has 0 unspecified atom stereocenters. The third kappa shape index (κ3) is 2.64. The van der Waals surface area contributed by atoms with Crippen LogP contribution in [0.25, 0.3) is 0 Å². The molecule has 0 N–H and O–H groups in total. The van der Waals surface area contributed by atoms with Crippen molar-refractivity contribution in [2.75, 3.05) is 0 Å². The zero-order chi connectivity index (χ0) is 8.27. The molecule has 0 radical (unpaired) electrons. The first kappa shape index (κ1) is 8.76. The average molecular weight is 154 g/mol. The topological polar surface area (TPSA) is 17.1 Å². The Morgan fingerprint density at radius 3 is 2.73 bits per heavy atom. The van der Waals surface area contributed by atoms with Gasteiger partial charge in [-0.25, -0.2) is 0 Å². The zero-order valence-electron chi connectivity index (χ0n) is 7.60. The number of Topliss-reactive ketones (excluding diaryl/α,β-unsaturated/α-hetero) is 1. The van der Waals surface area contributed by atoms with Gasteiger partial charge in [0.15, 0.2) is 0 Å². The van der Waals surface area contributed by atoms with Gasteiger partial charge in [-0.2, -0.15) is 0 Å². The minimum Gasteiger partial charge on any atom is -0.299 e. The minimum atomic E-state index is 0.428. The van der Waals surface area contributed by atoms with E-state index in [2.05, 4.69) is 13.8 Å². The van der Waals surface area contributed by atoms with Crippen LogP contribution in [0.5, 0.6) is 0 Å². The molecule has 1 rings (SSSR count). The number of hydrogen-bond acceptors (Lipinski definition) is 1. The predicted octanol–water partition coefficient (Wildman–Crippen LogP) is 2.79. The van der Waals surface area contributed by atoms with Crippen molar-refractivity contribution in [2.45, 2.75) is 46.0 Å². The summed E-state index contributed by atoms with van der Waals surface area (Å²) in [5, 5.41) is 0. The quantitative estimate of drug-likeness (QED) is 0.611. The second kappa shape index (κ2) is 3.89. The maximum atomic E-state index is 11.2. The summed E-state index contributed by atoms with van der Waals surface area (Å²) in [4.78, 5) is 11.2. The van der Waals surface area contributed by atoms with Crippen molar-refractivity contribution >= 4 is 5.78 Å². The smallest absolute Gasteiger partial charge is 0.135 e. The summed E-state index contributed by atoms with van der Waals surface area (Å²) in [6.45, 7) is 4.44. The summed E-state index contributed by atoms with van der Waals surface area (Å²) < 4.78 is 0. The highest BCUT2D eigenvalue weighted by atomic mass is 16.1. The summed E-state index contributed by atoms with van der Waals surface area (Å²) in [7, 11) is 0. The number of carbonyl (C=O) groups is 1. The van der Waals surface area contributed by atoms with Crippen LogP contribution in [0.4, 0.5) is 0 Å². The molecule has 1 aliphatic carbocycles. The van der Waals surface area contributed by atoms with Crippen LogP contribution in [0, 0.1) is 11.8 Å². The van der Waals surface area contributed by atoms with Crippen molar-refractivity contribution in [3.8, 4) is 0 Å². The lowest BCUT2D eigenvalue weighted by molar-refractivity contribution is -0.120. The van der Waals surface area contributed by atoms with Crippen LogP contribution in [0.3, 0.4) is 0 Å². The van der Waals surface area contributed by atoms with E-state index in [1.54, 1.807) is 0 Å². The summed E-state index contributed by atoms with van der Waals surface area (Å²) >= 11 is 0. The van der Waals surface area contributed by atoms with Gasteiger partial charge >= 0.3 is 0 Å². The molecule has 1 fully saturated rings. The molecular formula is C10H18O. The summed E-state index contributed by atoms with van der Waals surface area (Å²) in [5.74, 6) is 1.70. The normalized spacial score (nSPS) is 25.0. The standard InChI is InChI=1S/C10H18O/c1-8(2)6-7-9-4-3-5-10(9)11/h8-9H,3-7H2,1-2H3/t9-/m1/s1. The molecule has 0 aromatic carbocycles. The summed E-state index contributed by atoms with van der Waals surface area (Å²) in [6.07, 6.45) is 5.50. The van der Waals surface area contributed by atoms with Gasteiger partial charge in [-0.3, -0.25) is 4.79 Å². The lowest BCUT2D eigenvalue weighted by atomic mass is 9.96. The summed E-state index contributed by atoms with van der Waals surface area (Å²) in [5.41, 5.74) is 0. The lowest BCUT2D eigenvalue weighted by Gasteiger charge is -2.08. The molecule has 0 saturated heterocycles. The Morgan fingerprint density at radius 1 is 1.55 bits per heavy atom. The van der Waals surface area contributed by atoms with Gasteiger partial charge in [-0.1, -0.05) is 20.3 Å². The van der Waals surface area contributed by atoms with Crippen molar-refractivity contribution in [1.82, 2.24) is 0 Å². The summed E-state index contributed by atoms with van der Waals surface area (Å²) in [6, 6.07) is 0. The van der Waals surface area contributed by atoms with Crippen LogP contribution in [-0.4, -0.2) is 5.78 Å². The first-order chi connectivity index (χ1) is 5.20. The van der Waals surface area contributed by atoms with E-state index in [1.807, 2.05) is 0 Å². The third-order valence-electron chi connectivity index (χ3n) is 2.52. The van der Waals surface area contributed by atoms with E-state index in [0.717, 1.165) is 31.6 Å². The number of ketones is 1. The Labute approximate surface area is 69.2 Å². The van der Waals surface area contributed by atoms with Crippen molar-refractivity contribution in [1.29, 1.82) is 0 Å². The van der Waals surface area contributed by atoms with Gasteiger partial charge in [0.1, 0.15) is 5.78 Å². The fraction of sp³-hybridized carbons (Fsp3) is 0.900. The Balaban J connectivity index is 2.20. The van der Waals surface area contributed by atoms with Gasteiger partial charge in [0.25, 0.3) is 0 Å². The van der Waals surface area contributed by atoms with E-state index in [-0.39, 0.29) is 0 Å². The molecule has 1 atom stereocenters. The lowest BCUT2D eigenvalue weighted by Crippen LogP contribution is -2.06. The molecule has 0 heterocycles. The van der Waals surface area contributed by atoms with Gasteiger partial charge in [0, 0.05) is 12.3 Å².